The van der Waals surface area contributed by atoms with Crippen LogP contribution in [0.25, 0.3) is 0 Å². The molecule has 1 atom stereocenters. The van der Waals surface area contributed by atoms with Gasteiger partial charge in [0, 0.05) is 12.0 Å². The van der Waals surface area contributed by atoms with Crippen molar-refractivity contribution in [1.29, 1.82) is 0 Å². The fourth-order valence-corrected chi connectivity index (χ4v) is 1.19. The fourth-order valence-electron chi connectivity index (χ4n) is 1.19. The van der Waals surface area contributed by atoms with E-state index in [0.29, 0.717) is 6.42 Å². The Hall–Kier alpha value is -1.05. The van der Waals surface area contributed by atoms with Crippen LogP contribution in [0.1, 0.15) is 27.2 Å². The van der Waals surface area contributed by atoms with Gasteiger partial charge in [0.1, 0.15) is 6.10 Å². The third kappa shape index (κ3) is 1.58. The Morgan fingerprint density at radius 2 is 2.08 bits per heavy atom. The molecule has 0 saturated carbocycles. The maximum absolute atomic E-state index is 11.2. The highest BCUT2D eigenvalue weighted by molar-refractivity contribution is 5.91. The Kier molecular flexibility index (Phi) is 2.36. The number of cyclic esters (lactones) is 1. The van der Waals surface area contributed by atoms with Crippen LogP contribution in [-0.2, 0) is 9.53 Å². The topological polar surface area (TPSA) is 26.3 Å². The van der Waals surface area contributed by atoms with E-state index in [1.54, 1.807) is 0 Å². The molecular formula is C10H14O2. The van der Waals surface area contributed by atoms with Gasteiger partial charge in [-0.1, -0.05) is 12.2 Å². The molecule has 2 nitrogen and oxygen atoms in total. The second-order valence-electron chi connectivity index (χ2n) is 3.42. The second kappa shape index (κ2) is 3.13. The Bertz CT molecular complexity index is 257. The predicted octanol–water partition coefficient (Wildman–Crippen LogP) is 2.21. The van der Waals surface area contributed by atoms with Crippen molar-refractivity contribution in [2.24, 2.45) is 0 Å². The molecule has 0 aliphatic carbocycles. The number of carbonyl (C=O) groups excluding carboxylic acids is 1. The van der Waals surface area contributed by atoms with Crippen molar-refractivity contribution in [1.82, 2.24) is 0 Å². The molecule has 0 bridgehead atoms. The Morgan fingerprint density at radius 1 is 1.50 bits per heavy atom. The third-order valence-electron chi connectivity index (χ3n) is 2.04. The van der Waals surface area contributed by atoms with Crippen LogP contribution < -0.4 is 0 Å². The Labute approximate surface area is 72.9 Å². The summed E-state index contributed by atoms with van der Waals surface area (Å²) >= 11 is 0. The van der Waals surface area contributed by atoms with Gasteiger partial charge in [-0.2, -0.15) is 0 Å². The Balaban J connectivity index is 2.83. The highest BCUT2D eigenvalue weighted by Crippen LogP contribution is 2.26. The zero-order valence-corrected chi connectivity index (χ0v) is 7.81. The monoisotopic (exact) mass is 166 g/mol. The van der Waals surface area contributed by atoms with E-state index in [9.17, 15) is 4.79 Å². The molecule has 0 radical (unpaired) electrons. The van der Waals surface area contributed by atoms with E-state index in [-0.39, 0.29) is 12.1 Å². The van der Waals surface area contributed by atoms with E-state index < -0.39 is 0 Å². The van der Waals surface area contributed by atoms with Crippen LogP contribution in [0.4, 0.5) is 0 Å². The van der Waals surface area contributed by atoms with Crippen LogP contribution >= 0.6 is 0 Å². The minimum Gasteiger partial charge on any atom is -0.454 e. The summed E-state index contributed by atoms with van der Waals surface area (Å²) in [4.78, 5) is 11.2. The number of ether oxygens (including phenoxy) is 1. The summed E-state index contributed by atoms with van der Waals surface area (Å²) < 4.78 is 5.10. The van der Waals surface area contributed by atoms with Crippen molar-refractivity contribution in [2.45, 2.75) is 33.3 Å². The van der Waals surface area contributed by atoms with E-state index in [2.05, 4.69) is 6.58 Å². The highest BCUT2D eigenvalue weighted by Gasteiger charge is 2.29. The maximum Gasteiger partial charge on any atom is 0.334 e. The molecule has 2 heteroatoms. The molecule has 66 valence electrons. The number of esters is 1. The van der Waals surface area contributed by atoms with Crippen molar-refractivity contribution in [3.63, 3.8) is 0 Å². The van der Waals surface area contributed by atoms with E-state index in [1.807, 2.05) is 20.8 Å². The second-order valence-corrected chi connectivity index (χ2v) is 3.42. The maximum atomic E-state index is 11.2. The molecule has 1 unspecified atom stereocenters. The summed E-state index contributed by atoms with van der Waals surface area (Å²) in [6.07, 6.45) is 0.596. The van der Waals surface area contributed by atoms with Crippen LogP contribution in [0, 0.1) is 0 Å². The largest absolute Gasteiger partial charge is 0.454 e. The fraction of sp³-hybridized carbons (Fsp3) is 0.500. The number of hydrogen-bond donors (Lipinski definition) is 0. The van der Waals surface area contributed by atoms with Crippen molar-refractivity contribution < 1.29 is 9.53 Å². The summed E-state index contributed by atoms with van der Waals surface area (Å²) in [6.45, 7) is 9.50. The molecule has 0 N–H and O–H groups in total. The van der Waals surface area contributed by atoms with Gasteiger partial charge in [0.15, 0.2) is 0 Å². The molecule has 0 aromatic heterocycles. The summed E-state index contributed by atoms with van der Waals surface area (Å²) in [6, 6.07) is 0. The lowest BCUT2D eigenvalue weighted by molar-refractivity contribution is -0.137. The molecule has 12 heavy (non-hydrogen) atoms. The van der Waals surface area contributed by atoms with E-state index >= 15 is 0 Å². The third-order valence-corrected chi connectivity index (χ3v) is 2.04. The molecule has 1 fully saturated rings. The first-order valence-electron chi connectivity index (χ1n) is 4.05. The minimum absolute atomic E-state index is 0.0950. The smallest absolute Gasteiger partial charge is 0.334 e. The SMILES string of the molecule is C=C(C)C1CC(=C(C)C)C(=O)O1. The molecule has 1 aliphatic heterocycles. The quantitative estimate of drug-likeness (QED) is 0.339. The van der Waals surface area contributed by atoms with Gasteiger partial charge in [-0.15, -0.1) is 0 Å². The van der Waals surface area contributed by atoms with Gasteiger partial charge in [0.2, 0.25) is 0 Å². The van der Waals surface area contributed by atoms with Crippen LogP contribution in [0.3, 0.4) is 0 Å². The van der Waals surface area contributed by atoms with E-state index in [1.165, 1.54) is 0 Å². The molecule has 1 saturated heterocycles. The van der Waals surface area contributed by atoms with Crippen molar-refractivity contribution >= 4 is 5.97 Å². The molecule has 1 heterocycles. The molecule has 1 aliphatic rings. The number of allylic oxidation sites excluding steroid dienone is 1. The van der Waals surface area contributed by atoms with E-state index in [4.69, 9.17) is 4.74 Å². The molecular weight excluding hydrogens is 152 g/mol. The first-order valence-corrected chi connectivity index (χ1v) is 4.05. The van der Waals surface area contributed by atoms with Crippen LogP contribution in [-0.4, -0.2) is 12.1 Å². The van der Waals surface area contributed by atoms with Crippen LogP contribution in [0.15, 0.2) is 23.3 Å². The zero-order chi connectivity index (χ0) is 9.30. The first-order chi connectivity index (χ1) is 5.52. The number of carbonyl (C=O) groups is 1. The van der Waals surface area contributed by atoms with Crippen molar-refractivity contribution in [3.8, 4) is 0 Å². The zero-order valence-electron chi connectivity index (χ0n) is 7.81. The van der Waals surface area contributed by atoms with Gasteiger partial charge < -0.3 is 4.74 Å². The Morgan fingerprint density at radius 3 is 2.33 bits per heavy atom. The summed E-state index contributed by atoms with van der Waals surface area (Å²) in [5.41, 5.74) is 2.77. The molecule has 0 aromatic rings. The van der Waals surface area contributed by atoms with Gasteiger partial charge in [0.05, 0.1) is 0 Å². The molecule has 0 aromatic carbocycles. The van der Waals surface area contributed by atoms with Crippen molar-refractivity contribution in [3.05, 3.63) is 23.3 Å². The van der Waals surface area contributed by atoms with Crippen LogP contribution in [0.5, 0.6) is 0 Å². The number of rotatable bonds is 1. The van der Waals surface area contributed by atoms with Crippen molar-refractivity contribution in [2.75, 3.05) is 0 Å². The van der Waals surface area contributed by atoms with Crippen LogP contribution in [0.2, 0.25) is 0 Å². The molecule has 1 rings (SSSR count). The first kappa shape index (κ1) is 9.04. The van der Waals surface area contributed by atoms with Gasteiger partial charge in [-0.3, -0.25) is 0 Å². The standard InChI is InChI=1S/C10H14O2/c1-6(2)8-5-9(7(3)4)12-10(8)11/h9H,3,5H2,1-2,4H3. The lowest BCUT2D eigenvalue weighted by atomic mass is 10.0. The highest BCUT2D eigenvalue weighted by atomic mass is 16.5. The lowest BCUT2D eigenvalue weighted by Crippen LogP contribution is -2.06. The van der Waals surface area contributed by atoms with Gasteiger partial charge >= 0.3 is 5.97 Å². The average molecular weight is 166 g/mol. The number of hydrogen-bond acceptors (Lipinski definition) is 2. The molecule has 0 amide bonds. The van der Waals surface area contributed by atoms with E-state index in [0.717, 1.165) is 16.7 Å². The summed E-state index contributed by atoms with van der Waals surface area (Å²) in [7, 11) is 0. The minimum atomic E-state index is -0.178. The van der Waals surface area contributed by atoms with Gasteiger partial charge in [0.25, 0.3) is 0 Å². The summed E-state index contributed by atoms with van der Waals surface area (Å²) in [5.74, 6) is -0.178. The van der Waals surface area contributed by atoms with Gasteiger partial charge in [-0.25, -0.2) is 4.79 Å². The average Bonchev–Trinajstić information content (AvgIpc) is 2.30. The predicted molar refractivity (Wildman–Crippen MR) is 47.7 cm³/mol. The molecule has 0 spiro atoms. The lowest BCUT2D eigenvalue weighted by Gasteiger charge is -2.05. The normalized spacial score (nSPS) is 22.4. The van der Waals surface area contributed by atoms with Gasteiger partial charge in [-0.05, 0) is 26.3 Å². The summed E-state index contributed by atoms with van der Waals surface area (Å²) in [5, 5.41) is 0.